The summed E-state index contributed by atoms with van der Waals surface area (Å²) in [5, 5.41) is 0. The molecule has 0 heteroatoms. The monoisotopic (exact) mass is 354 g/mol. The predicted octanol–water partition coefficient (Wildman–Crippen LogP) is 7.62. The van der Waals surface area contributed by atoms with Crippen molar-refractivity contribution in [1.29, 1.82) is 0 Å². The van der Waals surface area contributed by atoms with Gasteiger partial charge in [-0.25, -0.2) is 0 Å². The SMILES string of the molecule is CCCC(CC)C(C)C(C)Cc1cccc2c1CC(C1CCCCC1)C2. The molecule has 0 saturated heterocycles. The van der Waals surface area contributed by atoms with Crippen molar-refractivity contribution in [3.63, 3.8) is 0 Å². The van der Waals surface area contributed by atoms with Crippen molar-refractivity contribution < 1.29 is 0 Å². The third-order valence-electron chi connectivity index (χ3n) is 8.00. The fourth-order valence-electron chi connectivity index (χ4n) is 6.10. The second-order valence-corrected chi connectivity index (χ2v) is 9.62. The molecule has 0 radical (unpaired) electrons. The Morgan fingerprint density at radius 2 is 1.73 bits per heavy atom. The third kappa shape index (κ3) is 4.55. The van der Waals surface area contributed by atoms with E-state index >= 15 is 0 Å². The van der Waals surface area contributed by atoms with Crippen LogP contribution in [0.2, 0.25) is 0 Å². The lowest BCUT2D eigenvalue weighted by Gasteiger charge is -2.29. The van der Waals surface area contributed by atoms with Crippen LogP contribution in [0.4, 0.5) is 0 Å². The molecular weight excluding hydrogens is 312 g/mol. The van der Waals surface area contributed by atoms with E-state index in [9.17, 15) is 0 Å². The van der Waals surface area contributed by atoms with Crippen molar-refractivity contribution in [1.82, 2.24) is 0 Å². The van der Waals surface area contributed by atoms with E-state index in [-0.39, 0.29) is 0 Å². The van der Waals surface area contributed by atoms with Crippen LogP contribution in [0.5, 0.6) is 0 Å². The van der Waals surface area contributed by atoms with Crippen LogP contribution < -0.4 is 0 Å². The van der Waals surface area contributed by atoms with Crippen LogP contribution in [-0.2, 0) is 19.3 Å². The van der Waals surface area contributed by atoms with E-state index in [0.29, 0.717) is 0 Å². The van der Waals surface area contributed by atoms with E-state index in [1.807, 2.05) is 0 Å². The molecule has 1 fully saturated rings. The molecule has 146 valence electrons. The number of fused-ring (bicyclic) bond motifs is 1. The summed E-state index contributed by atoms with van der Waals surface area (Å²) in [6, 6.07) is 7.23. The summed E-state index contributed by atoms with van der Waals surface area (Å²) < 4.78 is 0. The number of rotatable bonds is 8. The Hall–Kier alpha value is -0.780. The van der Waals surface area contributed by atoms with Gasteiger partial charge in [0.15, 0.2) is 0 Å². The first-order chi connectivity index (χ1) is 12.6. The van der Waals surface area contributed by atoms with Gasteiger partial charge in [-0.3, -0.25) is 0 Å². The molecule has 26 heavy (non-hydrogen) atoms. The van der Waals surface area contributed by atoms with Gasteiger partial charge in [-0.15, -0.1) is 0 Å². The van der Waals surface area contributed by atoms with Crippen molar-refractivity contribution in [3.05, 3.63) is 34.9 Å². The minimum Gasteiger partial charge on any atom is -0.0654 e. The average Bonchev–Trinajstić information content (AvgIpc) is 3.11. The zero-order valence-corrected chi connectivity index (χ0v) is 17.9. The molecule has 1 aromatic rings. The van der Waals surface area contributed by atoms with Crippen LogP contribution in [0, 0.1) is 29.6 Å². The van der Waals surface area contributed by atoms with Crippen LogP contribution in [0.15, 0.2) is 18.2 Å². The van der Waals surface area contributed by atoms with Gasteiger partial charge >= 0.3 is 0 Å². The molecule has 4 atom stereocenters. The largest absolute Gasteiger partial charge is 0.0654 e. The van der Waals surface area contributed by atoms with E-state index in [1.54, 1.807) is 16.7 Å². The molecule has 0 heterocycles. The van der Waals surface area contributed by atoms with Gasteiger partial charge in [-0.2, -0.15) is 0 Å². The summed E-state index contributed by atoms with van der Waals surface area (Å²) in [5.74, 6) is 4.50. The summed E-state index contributed by atoms with van der Waals surface area (Å²) >= 11 is 0. The topological polar surface area (TPSA) is 0 Å². The lowest BCUT2D eigenvalue weighted by molar-refractivity contribution is 0.238. The van der Waals surface area contributed by atoms with Crippen LogP contribution >= 0.6 is 0 Å². The van der Waals surface area contributed by atoms with Crippen molar-refractivity contribution >= 4 is 0 Å². The van der Waals surface area contributed by atoms with Crippen molar-refractivity contribution in [2.24, 2.45) is 29.6 Å². The van der Waals surface area contributed by atoms with Gasteiger partial charge in [0.25, 0.3) is 0 Å². The smallest absolute Gasteiger partial charge is 0.0239 e. The Kier molecular flexibility index (Phi) is 7.24. The maximum atomic E-state index is 2.52. The highest BCUT2D eigenvalue weighted by atomic mass is 14.4. The highest BCUT2D eigenvalue weighted by Crippen LogP contribution is 2.40. The predicted molar refractivity (Wildman–Crippen MR) is 115 cm³/mol. The first kappa shape index (κ1) is 20.0. The van der Waals surface area contributed by atoms with Gasteiger partial charge in [0.05, 0.1) is 0 Å². The summed E-state index contributed by atoms with van der Waals surface area (Å²) in [6.45, 7) is 9.76. The van der Waals surface area contributed by atoms with Gasteiger partial charge in [0.1, 0.15) is 0 Å². The van der Waals surface area contributed by atoms with Crippen molar-refractivity contribution in [2.45, 2.75) is 98.3 Å². The molecule has 0 N–H and O–H groups in total. The minimum atomic E-state index is 0.798. The minimum absolute atomic E-state index is 0.798. The Morgan fingerprint density at radius 3 is 2.42 bits per heavy atom. The normalized spacial score (nSPS) is 24.2. The molecule has 2 aliphatic carbocycles. The Labute approximate surface area is 163 Å². The Balaban J connectivity index is 1.66. The molecule has 4 unspecified atom stereocenters. The zero-order chi connectivity index (χ0) is 18.5. The van der Waals surface area contributed by atoms with E-state index < -0.39 is 0 Å². The third-order valence-corrected chi connectivity index (χ3v) is 8.00. The lowest BCUT2D eigenvalue weighted by Crippen LogP contribution is -2.21. The maximum Gasteiger partial charge on any atom is -0.0239 e. The molecule has 2 aliphatic rings. The lowest BCUT2D eigenvalue weighted by atomic mass is 9.76. The summed E-state index contributed by atoms with van der Waals surface area (Å²) in [4.78, 5) is 0. The van der Waals surface area contributed by atoms with Gasteiger partial charge < -0.3 is 0 Å². The molecule has 1 aromatic carbocycles. The molecule has 0 nitrogen and oxygen atoms in total. The number of benzene rings is 1. The van der Waals surface area contributed by atoms with Gasteiger partial charge in [0, 0.05) is 0 Å². The van der Waals surface area contributed by atoms with Crippen molar-refractivity contribution in [2.75, 3.05) is 0 Å². The van der Waals surface area contributed by atoms with Crippen molar-refractivity contribution in [3.8, 4) is 0 Å². The molecule has 3 rings (SSSR count). The zero-order valence-electron chi connectivity index (χ0n) is 17.9. The molecular formula is C26H42. The summed E-state index contributed by atoms with van der Waals surface area (Å²) in [6.07, 6.45) is 15.6. The summed E-state index contributed by atoms with van der Waals surface area (Å²) in [7, 11) is 0. The molecule has 1 saturated carbocycles. The maximum absolute atomic E-state index is 2.52. The second-order valence-electron chi connectivity index (χ2n) is 9.62. The van der Waals surface area contributed by atoms with Crippen LogP contribution in [0.3, 0.4) is 0 Å². The number of hydrogen-bond donors (Lipinski definition) is 0. The van der Waals surface area contributed by atoms with Crippen LogP contribution in [0.1, 0.15) is 95.8 Å². The Morgan fingerprint density at radius 1 is 0.962 bits per heavy atom. The second kappa shape index (κ2) is 9.43. The fourth-order valence-corrected chi connectivity index (χ4v) is 6.10. The molecule has 0 aromatic heterocycles. The molecule has 0 amide bonds. The molecule has 0 aliphatic heterocycles. The highest BCUT2D eigenvalue weighted by molar-refractivity contribution is 5.40. The standard InChI is InChI=1S/C26H42/c1-5-11-21(6-2)20(4)19(3)16-23-14-10-15-24-17-25(18-26(23)24)22-12-8-7-9-13-22/h10,14-15,19-22,25H,5-9,11-13,16-18H2,1-4H3. The highest BCUT2D eigenvalue weighted by Gasteiger charge is 2.31. The van der Waals surface area contributed by atoms with E-state index in [1.165, 1.54) is 70.6 Å². The Bertz CT molecular complexity index is 551. The van der Waals surface area contributed by atoms with E-state index in [4.69, 9.17) is 0 Å². The van der Waals surface area contributed by atoms with Gasteiger partial charge in [0.2, 0.25) is 0 Å². The average molecular weight is 355 g/mol. The fraction of sp³-hybridized carbons (Fsp3) is 0.769. The first-order valence-electron chi connectivity index (χ1n) is 11.7. The quantitative estimate of drug-likeness (QED) is 0.450. The number of hydrogen-bond acceptors (Lipinski definition) is 0. The van der Waals surface area contributed by atoms with E-state index in [2.05, 4.69) is 45.9 Å². The molecule has 0 spiro atoms. The van der Waals surface area contributed by atoms with Gasteiger partial charge in [-0.1, -0.05) is 97.3 Å². The molecule has 0 bridgehead atoms. The van der Waals surface area contributed by atoms with Gasteiger partial charge in [-0.05, 0) is 65.5 Å². The summed E-state index contributed by atoms with van der Waals surface area (Å²) in [5.41, 5.74) is 5.13. The first-order valence-corrected chi connectivity index (χ1v) is 11.7. The van der Waals surface area contributed by atoms with Crippen LogP contribution in [-0.4, -0.2) is 0 Å². The van der Waals surface area contributed by atoms with Crippen LogP contribution in [0.25, 0.3) is 0 Å². The van der Waals surface area contributed by atoms with E-state index in [0.717, 1.165) is 29.6 Å².